The Morgan fingerprint density at radius 1 is 1.31 bits per heavy atom. The van der Waals surface area contributed by atoms with Crippen LogP contribution in [0.5, 0.6) is 11.8 Å². The van der Waals surface area contributed by atoms with Crippen molar-refractivity contribution in [2.24, 2.45) is 0 Å². The predicted octanol–water partition coefficient (Wildman–Crippen LogP) is 1.32. The van der Waals surface area contributed by atoms with E-state index >= 15 is 0 Å². The highest BCUT2D eigenvalue weighted by Crippen LogP contribution is 2.19. The molecule has 8 nitrogen and oxygen atoms in total. The topological polar surface area (TPSA) is 106 Å². The molecule has 1 fully saturated rings. The average molecular weight is 354 g/mol. The van der Waals surface area contributed by atoms with Crippen LogP contribution in [0.15, 0.2) is 36.7 Å². The van der Waals surface area contributed by atoms with Gasteiger partial charge in [-0.1, -0.05) is 0 Å². The molecule has 2 atom stereocenters. The lowest BCUT2D eigenvalue weighted by atomic mass is 10.1. The Morgan fingerprint density at radius 3 is 2.69 bits per heavy atom. The van der Waals surface area contributed by atoms with E-state index < -0.39 is 0 Å². The highest BCUT2D eigenvalue weighted by molar-refractivity contribution is 5.93. The van der Waals surface area contributed by atoms with E-state index in [0.717, 1.165) is 0 Å². The molecule has 1 aliphatic heterocycles. The van der Waals surface area contributed by atoms with Gasteiger partial charge < -0.3 is 19.5 Å². The largest absolute Gasteiger partial charge is 0.486 e. The van der Waals surface area contributed by atoms with Crippen LogP contribution in [0.2, 0.25) is 0 Å². The van der Waals surface area contributed by atoms with Gasteiger partial charge in [0.05, 0.1) is 37.0 Å². The van der Waals surface area contributed by atoms with E-state index in [2.05, 4.69) is 21.4 Å². The van der Waals surface area contributed by atoms with Gasteiger partial charge in [0.1, 0.15) is 11.9 Å². The maximum absolute atomic E-state index is 12.4. The molecule has 0 saturated carbocycles. The summed E-state index contributed by atoms with van der Waals surface area (Å²) < 4.78 is 16.3. The van der Waals surface area contributed by atoms with Crippen LogP contribution in [-0.2, 0) is 4.74 Å². The van der Waals surface area contributed by atoms with Crippen molar-refractivity contribution in [3.05, 3.63) is 47.8 Å². The van der Waals surface area contributed by atoms with Gasteiger partial charge in [-0.05, 0) is 30.7 Å². The molecule has 1 aromatic carbocycles. The molecule has 1 aromatic heterocycles. The summed E-state index contributed by atoms with van der Waals surface area (Å²) in [4.78, 5) is 20.3. The number of nitriles is 1. The van der Waals surface area contributed by atoms with Crippen molar-refractivity contribution < 1.29 is 19.0 Å². The molecule has 134 valence electrons. The van der Waals surface area contributed by atoms with Crippen molar-refractivity contribution in [1.82, 2.24) is 15.3 Å². The van der Waals surface area contributed by atoms with E-state index in [1.54, 1.807) is 24.3 Å². The molecule has 1 aliphatic rings. The fraction of sp³-hybridized carbons (Fsp3) is 0.333. The maximum atomic E-state index is 12.4. The van der Waals surface area contributed by atoms with Crippen molar-refractivity contribution in [2.45, 2.75) is 18.6 Å². The Labute approximate surface area is 150 Å². The summed E-state index contributed by atoms with van der Waals surface area (Å²) in [5.74, 6) is 0.333. The fourth-order valence-corrected chi connectivity index (χ4v) is 2.57. The number of nitrogens with one attached hydrogen (secondary N) is 1. The number of carbonyl (C=O) groups excluding carboxylic acids is 1. The lowest BCUT2D eigenvalue weighted by molar-refractivity contribution is -0.0135. The second-order valence-corrected chi connectivity index (χ2v) is 5.69. The number of benzene rings is 1. The smallest absolute Gasteiger partial charge is 0.316 e. The number of carbonyl (C=O) groups is 1. The van der Waals surface area contributed by atoms with Gasteiger partial charge in [-0.2, -0.15) is 5.26 Å². The number of ether oxygens (including phenoxy) is 3. The molecule has 8 heteroatoms. The number of nitrogens with zero attached hydrogens (tertiary/aromatic N) is 3. The molecule has 2 aromatic rings. The number of aromatic nitrogens is 2. The van der Waals surface area contributed by atoms with Crippen LogP contribution in [0.3, 0.4) is 0 Å². The van der Waals surface area contributed by atoms with Crippen LogP contribution in [0.1, 0.15) is 22.3 Å². The first-order valence-electron chi connectivity index (χ1n) is 8.11. The number of hydrogen-bond donors (Lipinski definition) is 1. The van der Waals surface area contributed by atoms with Crippen molar-refractivity contribution in [1.29, 1.82) is 5.26 Å². The van der Waals surface area contributed by atoms with Crippen LogP contribution in [-0.4, -0.2) is 48.3 Å². The first-order chi connectivity index (χ1) is 12.7. The molecule has 0 bridgehead atoms. The molecule has 3 rings (SSSR count). The highest BCUT2D eigenvalue weighted by atomic mass is 16.5. The summed E-state index contributed by atoms with van der Waals surface area (Å²) in [7, 11) is 1.46. The summed E-state index contributed by atoms with van der Waals surface area (Å²) in [5.41, 5.74) is 0.899. The molecule has 1 N–H and O–H groups in total. The first-order valence-corrected chi connectivity index (χ1v) is 8.11. The summed E-state index contributed by atoms with van der Waals surface area (Å²) >= 11 is 0. The zero-order valence-electron chi connectivity index (χ0n) is 14.2. The van der Waals surface area contributed by atoms with Crippen LogP contribution < -0.4 is 14.8 Å². The molecular formula is C18H18N4O4. The molecule has 0 aliphatic carbocycles. The van der Waals surface area contributed by atoms with E-state index in [9.17, 15) is 4.79 Å². The van der Waals surface area contributed by atoms with Gasteiger partial charge in [-0.3, -0.25) is 4.79 Å². The average Bonchev–Trinajstić information content (AvgIpc) is 2.70. The van der Waals surface area contributed by atoms with Crippen LogP contribution in [0.25, 0.3) is 0 Å². The van der Waals surface area contributed by atoms with Gasteiger partial charge >= 0.3 is 6.01 Å². The van der Waals surface area contributed by atoms with Crippen molar-refractivity contribution >= 4 is 5.91 Å². The molecule has 1 saturated heterocycles. The van der Waals surface area contributed by atoms with Crippen LogP contribution in [0, 0.1) is 11.3 Å². The first kappa shape index (κ1) is 17.6. The number of rotatable bonds is 5. The second kappa shape index (κ2) is 8.27. The zero-order valence-corrected chi connectivity index (χ0v) is 14.2. The number of amides is 1. The van der Waals surface area contributed by atoms with Gasteiger partial charge in [0, 0.05) is 19.0 Å². The third-order valence-electron chi connectivity index (χ3n) is 3.96. The van der Waals surface area contributed by atoms with E-state index in [1.165, 1.54) is 19.5 Å². The Hall–Kier alpha value is -3.18. The minimum Gasteiger partial charge on any atom is -0.486 e. The van der Waals surface area contributed by atoms with Crippen LogP contribution >= 0.6 is 0 Å². The molecule has 2 heterocycles. The minimum absolute atomic E-state index is 0.203. The molecular weight excluding hydrogens is 336 g/mol. The Balaban J connectivity index is 1.65. The van der Waals surface area contributed by atoms with Gasteiger partial charge in [0.2, 0.25) is 0 Å². The van der Waals surface area contributed by atoms with Gasteiger partial charge in [0.15, 0.2) is 0 Å². The third-order valence-corrected chi connectivity index (χ3v) is 3.96. The fourth-order valence-electron chi connectivity index (χ4n) is 2.57. The summed E-state index contributed by atoms with van der Waals surface area (Å²) in [6.45, 7) is 0.904. The quantitative estimate of drug-likeness (QED) is 0.863. The number of methoxy groups -OCH3 is 1. The van der Waals surface area contributed by atoms with Crippen LogP contribution in [0.4, 0.5) is 0 Å². The summed E-state index contributed by atoms with van der Waals surface area (Å²) in [6.07, 6.45) is 3.12. The molecule has 1 amide bonds. The van der Waals surface area contributed by atoms with Gasteiger partial charge in [0.25, 0.3) is 5.91 Å². The zero-order chi connectivity index (χ0) is 18.4. The van der Waals surface area contributed by atoms with E-state index in [-0.39, 0.29) is 24.1 Å². The number of hydrogen-bond acceptors (Lipinski definition) is 7. The second-order valence-electron chi connectivity index (χ2n) is 5.69. The highest BCUT2D eigenvalue weighted by Gasteiger charge is 2.29. The Kier molecular flexibility index (Phi) is 5.61. The molecule has 0 spiro atoms. The summed E-state index contributed by atoms with van der Waals surface area (Å²) in [5, 5.41) is 11.8. The predicted molar refractivity (Wildman–Crippen MR) is 90.8 cm³/mol. The maximum Gasteiger partial charge on any atom is 0.316 e. The molecule has 26 heavy (non-hydrogen) atoms. The van der Waals surface area contributed by atoms with E-state index in [1.807, 2.05) is 0 Å². The standard InChI is InChI=1S/C18H18N4O4/c1-24-18-20-9-13(10-21-18)17(23)22-15-6-7-25-11-16(15)26-14-4-2-12(8-19)3-5-14/h2-5,9-10,15-16H,6-7,11H2,1H3,(H,22,23)/t15-,16-/m1/s1. The van der Waals surface area contributed by atoms with Gasteiger partial charge in [-0.15, -0.1) is 0 Å². The monoisotopic (exact) mass is 354 g/mol. The lowest BCUT2D eigenvalue weighted by Crippen LogP contribution is -2.51. The minimum atomic E-state index is -0.334. The summed E-state index contributed by atoms with van der Waals surface area (Å²) in [6, 6.07) is 8.87. The lowest BCUT2D eigenvalue weighted by Gasteiger charge is -2.32. The third kappa shape index (κ3) is 4.26. The van der Waals surface area contributed by atoms with Gasteiger partial charge in [-0.25, -0.2) is 9.97 Å². The molecule has 0 radical (unpaired) electrons. The Bertz CT molecular complexity index is 786. The van der Waals surface area contributed by atoms with Crippen molar-refractivity contribution in [2.75, 3.05) is 20.3 Å². The van der Waals surface area contributed by atoms with Crippen molar-refractivity contribution in [3.8, 4) is 17.8 Å². The molecule has 0 unspecified atom stereocenters. The van der Waals surface area contributed by atoms with E-state index in [4.69, 9.17) is 19.5 Å². The normalized spacial score (nSPS) is 19.2. The SMILES string of the molecule is COc1ncc(C(=O)N[C@@H]2CCOC[C@H]2Oc2ccc(C#N)cc2)cn1. The van der Waals surface area contributed by atoms with E-state index in [0.29, 0.717) is 36.5 Å². The Morgan fingerprint density at radius 2 is 2.04 bits per heavy atom. The van der Waals surface area contributed by atoms with Crippen molar-refractivity contribution in [3.63, 3.8) is 0 Å².